The standard InChI is InChI=1S/C24H30N2O5S/c1-2-31-24(28)21-14-6-7-15-22(21)25-23(27)20-13-8-16-26(18-20)32(29,30)17-9-12-19-10-4-3-5-11-19/h3-7,10-11,14-15,20H,2,8-9,12-13,16-18H2,1H3,(H,25,27)/t20-/m1/s1. The van der Waals surface area contributed by atoms with Crippen molar-refractivity contribution in [1.82, 2.24) is 4.31 Å². The summed E-state index contributed by atoms with van der Waals surface area (Å²) in [5.41, 5.74) is 1.77. The molecule has 1 N–H and O–H groups in total. The monoisotopic (exact) mass is 458 g/mol. The first-order valence-electron chi connectivity index (χ1n) is 11.0. The molecule has 172 valence electrons. The number of ether oxygens (including phenoxy) is 1. The third kappa shape index (κ3) is 6.40. The van der Waals surface area contributed by atoms with Gasteiger partial charge in [-0.2, -0.15) is 0 Å². The lowest BCUT2D eigenvalue weighted by Gasteiger charge is -2.31. The molecule has 0 saturated carbocycles. The van der Waals surface area contributed by atoms with Gasteiger partial charge in [0.25, 0.3) is 0 Å². The van der Waals surface area contributed by atoms with Crippen LogP contribution in [0.2, 0.25) is 0 Å². The van der Waals surface area contributed by atoms with Crippen molar-refractivity contribution in [2.75, 3.05) is 30.8 Å². The number of carbonyl (C=O) groups is 2. The zero-order valence-electron chi connectivity index (χ0n) is 18.3. The average Bonchev–Trinajstić information content (AvgIpc) is 2.80. The van der Waals surface area contributed by atoms with Gasteiger partial charge in [-0.05, 0) is 50.3 Å². The average molecular weight is 459 g/mol. The summed E-state index contributed by atoms with van der Waals surface area (Å²) in [6.45, 7) is 2.54. The van der Waals surface area contributed by atoms with E-state index in [1.54, 1.807) is 31.2 Å². The molecule has 1 fully saturated rings. The summed E-state index contributed by atoms with van der Waals surface area (Å²) < 4.78 is 32.2. The summed E-state index contributed by atoms with van der Waals surface area (Å²) in [5.74, 6) is -1.20. The fourth-order valence-corrected chi connectivity index (χ4v) is 5.44. The van der Waals surface area contributed by atoms with Gasteiger partial charge in [-0.25, -0.2) is 17.5 Å². The highest BCUT2D eigenvalue weighted by Crippen LogP contribution is 2.23. The third-order valence-corrected chi connectivity index (χ3v) is 7.46. The second-order valence-electron chi connectivity index (χ2n) is 7.86. The molecule has 1 amide bonds. The molecule has 7 nitrogen and oxygen atoms in total. The normalized spacial score (nSPS) is 17.0. The Morgan fingerprint density at radius 2 is 1.81 bits per heavy atom. The maximum Gasteiger partial charge on any atom is 0.340 e. The van der Waals surface area contributed by atoms with Crippen LogP contribution in [0.15, 0.2) is 54.6 Å². The molecule has 0 radical (unpaired) electrons. The number of benzene rings is 2. The Bertz CT molecular complexity index is 1020. The molecule has 0 aliphatic carbocycles. The van der Waals surface area contributed by atoms with Crippen molar-refractivity contribution >= 4 is 27.6 Å². The van der Waals surface area contributed by atoms with E-state index in [0.717, 1.165) is 5.56 Å². The van der Waals surface area contributed by atoms with Gasteiger partial charge < -0.3 is 10.1 Å². The van der Waals surface area contributed by atoms with Gasteiger partial charge in [0.05, 0.1) is 29.5 Å². The first-order valence-corrected chi connectivity index (χ1v) is 12.6. The molecule has 2 aromatic rings. The molecule has 3 rings (SSSR count). The van der Waals surface area contributed by atoms with Crippen LogP contribution in [0.5, 0.6) is 0 Å². The number of amides is 1. The number of nitrogens with zero attached hydrogens (tertiary/aromatic N) is 1. The minimum absolute atomic E-state index is 0.0575. The van der Waals surface area contributed by atoms with E-state index in [1.807, 2.05) is 30.3 Å². The molecule has 1 heterocycles. The molecule has 1 aliphatic heterocycles. The van der Waals surface area contributed by atoms with Gasteiger partial charge in [0.2, 0.25) is 15.9 Å². The van der Waals surface area contributed by atoms with E-state index in [2.05, 4.69) is 5.32 Å². The smallest absolute Gasteiger partial charge is 0.340 e. The van der Waals surface area contributed by atoms with Crippen molar-refractivity contribution in [2.45, 2.75) is 32.6 Å². The largest absolute Gasteiger partial charge is 0.462 e. The second-order valence-corrected chi connectivity index (χ2v) is 9.95. The van der Waals surface area contributed by atoms with Crippen LogP contribution in [0.25, 0.3) is 0 Å². The van der Waals surface area contributed by atoms with Crippen molar-refractivity contribution in [2.24, 2.45) is 5.92 Å². The van der Waals surface area contributed by atoms with Gasteiger partial charge in [0, 0.05) is 13.1 Å². The summed E-state index contributed by atoms with van der Waals surface area (Å²) in [7, 11) is -3.44. The van der Waals surface area contributed by atoms with Gasteiger partial charge >= 0.3 is 5.97 Å². The molecular weight excluding hydrogens is 428 g/mol. The minimum Gasteiger partial charge on any atom is -0.462 e. The predicted molar refractivity (Wildman–Crippen MR) is 124 cm³/mol. The molecule has 32 heavy (non-hydrogen) atoms. The molecular formula is C24H30N2O5S. The number of hydrogen-bond acceptors (Lipinski definition) is 5. The summed E-state index contributed by atoms with van der Waals surface area (Å²) in [6, 6.07) is 16.5. The number of esters is 1. The van der Waals surface area contributed by atoms with E-state index in [9.17, 15) is 18.0 Å². The number of sulfonamides is 1. The van der Waals surface area contributed by atoms with E-state index in [4.69, 9.17) is 4.74 Å². The highest BCUT2D eigenvalue weighted by atomic mass is 32.2. The number of aryl methyl sites for hydroxylation is 1. The lowest BCUT2D eigenvalue weighted by molar-refractivity contribution is -0.120. The molecule has 0 spiro atoms. The van der Waals surface area contributed by atoms with E-state index in [-0.39, 0.29) is 30.4 Å². The van der Waals surface area contributed by atoms with Crippen LogP contribution < -0.4 is 5.32 Å². The molecule has 0 bridgehead atoms. The maximum absolute atomic E-state index is 12.9. The highest BCUT2D eigenvalue weighted by Gasteiger charge is 2.32. The third-order valence-electron chi connectivity index (χ3n) is 5.54. The number of nitrogens with one attached hydrogen (secondary N) is 1. The quantitative estimate of drug-likeness (QED) is 0.581. The van der Waals surface area contributed by atoms with E-state index >= 15 is 0 Å². The van der Waals surface area contributed by atoms with Crippen molar-refractivity contribution < 1.29 is 22.7 Å². The number of carbonyl (C=O) groups excluding carboxylic acids is 2. The Morgan fingerprint density at radius 1 is 1.09 bits per heavy atom. The Kier molecular flexibility index (Phi) is 8.41. The van der Waals surface area contributed by atoms with Crippen molar-refractivity contribution in [3.8, 4) is 0 Å². The Hall–Kier alpha value is -2.71. The summed E-state index contributed by atoms with van der Waals surface area (Å²) >= 11 is 0. The summed E-state index contributed by atoms with van der Waals surface area (Å²) in [6.07, 6.45) is 2.45. The molecule has 0 aromatic heterocycles. The topological polar surface area (TPSA) is 92.8 Å². The van der Waals surface area contributed by atoms with Crippen molar-refractivity contribution in [1.29, 1.82) is 0 Å². The lowest BCUT2D eigenvalue weighted by Crippen LogP contribution is -2.44. The van der Waals surface area contributed by atoms with E-state index in [1.165, 1.54) is 4.31 Å². The first kappa shape index (κ1) is 23.9. The van der Waals surface area contributed by atoms with Gasteiger partial charge in [0.1, 0.15) is 0 Å². The lowest BCUT2D eigenvalue weighted by atomic mass is 9.98. The second kappa shape index (κ2) is 11.2. The maximum atomic E-state index is 12.9. The summed E-state index contributed by atoms with van der Waals surface area (Å²) in [4.78, 5) is 25.0. The van der Waals surface area contributed by atoms with Gasteiger partial charge in [-0.1, -0.05) is 42.5 Å². The van der Waals surface area contributed by atoms with Crippen LogP contribution >= 0.6 is 0 Å². The molecule has 1 saturated heterocycles. The molecule has 8 heteroatoms. The predicted octanol–water partition coefficient (Wildman–Crippen LogP) is 3.48. The Labute approximate surface area is 189 Å². The van der Waals surface area contributed by atoms with Crippen LogP contribution in [0.4, 0.5) is 5.69 Å². The molecule has 0 unspecified atom stereocenters. The summed E-state index contributed by atoms with van der Waals surface area (Å²) in [5, 5.41) is 2.79. The van der Waals surface area contributed by atoms with Crippen molar-refractivity contribution in [3.05, 3.63) is 65.7 Å². The number of hydrogen-bond donors (Lipinski definition) is 1. The molecule has 1 atom stereocenters. The number of anilines is 1. The Balaban J connectivity index is 1.59. The first-order chi connectivity index (χ1) is 15.4. The molecule has 2 aromatic carbocycles. The van der Waals surface area contributed by atoms with Gasteiger partial charge in [0.15, 0.2) is 0 Å². The van der Waals surface area contributed by atoms with Gasteiger partial charge in [-0.15, -0.1) is 0 Å². The number of para-hydroxylation sites is 1. The van der Waals surface area contributed by atoms with Crippen LogP contribution in [0.1, 0.15) is 42.1 Å². The van der Waals surface area contributed by atoms with Crippen molar-refractivity contribution in [3.63, 3.8) is 0 Å². The number of rotatable bonds is 9. The highest BCUT2D eigenvalue weighted by molar-refractivity contribution is 7.89. The fourth-order valence-electron chi connectivity index (χ4n) is 3.86. The zero-order valence-corrected chi connectivity index (χ0v) is 19.1. The van der Waals surface area contributed by atoms with E-state index in [0.29, 0.717) is 37.9 Å². The Morgan fingerprint density at radius 3 is 2.56 bits per heavy atom. The van der Waals surface area contributed by atoms with Crippen LogP contribution in [0.3, 0.4) is 0 Å². The zero-order chi connectivity index (χ0) is 23.0. The van der Waals surface area contributed by atoms with Crippen LogP contribution in [-0.4, -0.2) is 50.0 Å². The SMILES string of the molecule is CCOC(=O)c1ccccc1NC(=O)[C@@H]1CCCN(S(=O)(=O)CCCc2ccccc2)C1. The minimum atomic E-state index is -3.44. The van der Waals surface area contributed by atoms with E-state index < -0.39 is 21.9 Å². The van der Waals surface area contributed by atoms with Crippen LogP contribution in [0, 0.1) is 5.92 Å². The fraction of sp³-hybridized carbons (Fsp3) is 0.417. The van der Waals surface area contributed by atoms with Gasteiger partial charge in [-0.3, -0.25) is 4.79 Å². The number of piperidine rings is 1. The van der Waals surface area contributed by atoms with Crippen LogP contribution in [-0.2, 0) is 26.0 Å². The molecule has 1 aliphatic rings.